The van der Waals surface area contributed by atoms with Crippen LogP contribution in [0.25, 0.3) is 0 Å². The number of hydrogen-bond acceptors (Lipinski definition) is 6. The fraction of sp³-hybridized carbons (Fsp3) is 0.474. The monoisotopic (exact) mass is 424 g/mol. The molecule has 1 aromatic carbocycles. The van der Waals surface area contributed by atoms with Crippen LogP contribution in [-0.2, 0) is 19.2 Å². The molecule has 156 valence electrons. The zero-order valence-corrected chi connectivity index (χ0v) is 17.1. The van der Waals surface area contributed by atoms with Gasteiger partial charge in [-0.3, -0.25) is 14.4 Å². The van der Waals surface area contributed by atoms with E-state index in [0.29, 0.717) is 0 Å². The van der Waals surface area contributed by atoms with Gasteiger partial charge in [0.15, 0.2) is 11.9 Å². The molecule has 0 bridgehead atoms. The van der Waals surface area contributed by atoms with Gasteiger partial charge < -0.3 is 20.1 Å². The van der Waals surface area contributed by atoms with Crippen LogP contribution in [0.5, 0.6) is 5.75 Å². The maximum Gasteiger partial charge on any atom is 0.327 e. The average Bonchev–Trinajstić information content (AvgIpc) is 2.89. The SMILES string of the molecule is CC(=O)[C@]1(NC(=O)C(C)Oc2ccc(F)cc2)C(=O)N2[C@@H](C(=O)O)C(C)(C)S[C@@H]21. The Morgan fingerprint density at radius 2 is 1.86 bits per heavy atom. The molecule has 8 nitrogen and oxygen atoms in total. The van der Waals surface area contributed by atoms with Crippen LogP contribution in [0.4, 0.5) is 4.39 Å². The van der Waals surface area contributed by atoms with Crippen LogP contribution in [0.1, 0.15) is 27.7 Å². The summed E-state index contributed by atoms with van der Waals surface area (Å²) in [5.41, 5.74) is -1.84. The Balaban J connectivity index is 1.81. The van der Waals surface area contributed by atoms with Crippen molar-refractivity contribution >= 4 is 35.3 Å². The minimum Gasteiger partial charge on any atom is -0.481 e. The molecule has 2 saturated heterocycles. The molecule has 0 aromatic heterocycles. The van der Waals surface area contributed by atoms with E-state index in [1.165, 1.54) is 38.1 Å². The van der Waals surface area contributed by atoms with Crippen molar-refractivity contribution in [1.82, 2.24) is 10.2 Å². The highest BCUT2D eigenvalue weighted by Gasteiger charge is 2.74. The van der Waals surface area contributed by atoms with E-state index in [9.17, 15) is 28.7 Å². The van der Waals surface area contributed by atoms with Crippen LogP contribution in [-0.4, -0.2) is 61.4 Å². The Morgan fingerprint density at radius 3 is 2.38 bits per heavy atom. The normalized spacial score (nSPS) is 28.2. The molecule has 2 N–H and O–H groups in total. The van der Waals surface area contributed by atoms with Gasteiger partial charge in [0.05, 0.1) is 0 Å². The molecule has 2 aliphatic rings. The lowest BCUT2D eigenvalue weighted by atomic mass is 9.81. The number of ether oxygens (including phenoxy) is 1. The van der Waals surface area contributed by atoms with Gasteiger partial charge in [0.1, 0.15) is 23.0 Å². The molecule has 0 aliphatic carbocycles. The number of rotatable bonds is 6. The van der Waals surface area contributed by atoms with Crippen molar-refractivity contribution < 1.29 is 33.4 Å². The second-order valence-electron chi connectivity index (χ2n) is 7.59. The molecule has 0 saturated carbocycles. The van der Waals surface area contributed by atoms with Gasteiger partial charge in [-0.25, -0.2) is 9.18 Å². The third kappa shape index (κ3) is 3.25. The first-order chi connectivity index (χ1) is 13.4. The van der Waals surface area contributed by atoms with Crippen LogP contribution in [0.2, 0.25) is 0 Å². The number of amides is 2. The van der Waals surface area contributed by atoms with E-state index < -0.39 is 57.2 Å². The predicted octanol–water partition coefficient (Wildman–Crippen LogP) is 1.18. The summed E-state index contributed by atoms with van der Waals surface area (Å²) < 4.78 is 17.6. The zero-order chi connectivity index (χ0) is 21.7. The number of ketones is 1. The van der Waals surface area contributed by atoms with Crippen molar-refractivity contribution in [2.24, 2.45) is 0 Å². The summed E-state index contributed by atoms with van der Waals surface area (Å²) in [6, 6.07) is 3.94. The summed E-state index contributed by atoms with van der Waals surface area (Å²) in [6.45, 7) is 5.96. The highest BCUT2D eigenvalue weighted by Crippen LogP contribution is 2.55. The van der Waals surface area contributed by atoms with E-state index in [0.717, 1.165) is 16.7 Å². The number of β-lactam (4-membered cyclic amide) rings is 1. The minimum absolute atomic E-state index is 0.245. The van der Waals surface area contributed by atoms with Gasteiger partial charge in [0, 0.05) is 4.75 Å². The molecule has 2 aliphatic heterocycles. The molecule has 2 heterocycles. The molecule has 4 atom stereocenters. The Bertz CT molecular complexity index is 889. The molecule has 0 spiro atoms. The van der Waals surface area contributed by atoms with Crippen molar-refractivity contribution in [3.05, 3.63) is 30.1 Å². The molecule has 1 unspecified atom stereocenters. The molecule has 2 fully saturated rings. The van der Waals surface area contributed by atoms with Crippen molar-refractivity contribution in [3.8, 4) is 5.75 Å². The second kappa shape index (κ2) is 7.01. The van der Waals surface area contributed by atoms with Crippen molar-refractivity contribution in [2.45, 2.75) is 55.5 Å². The number of carboxylic acids is 1. The van der Waals surface area contributed by atoms with E-state index in [4.69, 9.17) is 4.74 Å². The number of nitrogens with one attached hydrogen (secondary N) is 1. The van der Waals surface area contributed by atoms with Gasteiger partial charge in [-0.1, -0.05) is 0 Å². The van der Waals surface area contributed by atoms with Crippen molar-refractivity contribution in [1.29, 1.82) is 0 Å². The molecule has 10 heteroatoms. The summed E-state index contributed by atoms with van der Waals surface area (Å²) in [6.07, 6.45) is -1.08. The third-order valence-electron chi connectivity index (χ3n) is 5.15. The van der Waals surface area contributed by atoms with Gasteiger partial charge in [0.25, 0.3) is 11.8 Å². The number of hydrogen-bond donors (Lipinski definition) is 2. The summed E-state index contributed by atoms with van der Waals surface area (Å²) in [7, 11) is 0. The summed E-state index contributed by atoms with van der Waals surface area (Å²) >= 11 is 1.16. The second-order valence-corrected chi connectivity index (χ2v) is 9.33. The number of nitrogens with zero attached hydrogens (tertiary/aromatic N) is 1. The van der Waals surface area contributed by atoms with Crippen LogP contribution in [0, 0.1) is 5.82 Å². The van der Waals surface area contributed by atoms with Gasteiger partial charge in [-0.15, -0.1) is 11.8 Å². The Hall–Kier alpha value is -2.62. The number of thioether (sulfide) groups is 1. The molecular weight excluding hydrogens is 403 g/mol. The lowest BCUT2D eigenvalue weighted by Gasteiger charge is -2.51. The number of carbonyl (C=O) groups excluding carboxylic acids is 3. The number of carboxylic acid groups (broad SMARTS) is 1. The lowest BCUT2D eigenvalue weighted by molar-refractivity contribution is -0.172. The zero-order valence-electron chi connectivity index (χ0n) is 16.3. The quantitative estimate of drug-likeness (QED) is 0.521. The minimum atomic E-state index is -1.84. The van der Waals surface area contributed by atoms with Crippen LogP contribution < -0.4 is 10.1 Å². The molecule has 2 amide bonds. The first-order valence-corrected chi connectivity index (χ1v) is 9.78. The standard InChI is InChI=1S/C19H21FN2O6S/c1-9(28-12-7-5-11(20)6-8-12)14(24)21-19(10(2)23)16(27)22-13(15(25)26)18(3,4)29-17(19)22/h5-9,13,17H,1-4H3,(H,21,24)(H,25,26)/t9?,13-,17+,19-/m0/s1. The summed E-state index contributed by atoms with van der Waals surface area (Å²) in [5.74, 6) is -3.43. The van der Waals surface area contributed by atoms with E-state index in [1.807, 2.05) is 0 Å². The topological polar surface area (TPSA) is 113 Å². The first-order valence-electron chi connectivity index (χ1n) is 8.90. The van der Waals surface area contributed by atoms with Crippen LogP contribution in [0.3, 0.4) is 0 Å². The van der Waals surface area contributed by atoms with Gasteiger partial charge in [-0.05, 0) is 52.0 Å². The maximum atomic E-state index is 13.0. The molecule has 1 aromatic rings. The molecule has 29 heavy (non-hydrogen) atoms. The van der Waals surface area contributed by atoms with E-state index in [-0.39, 0.29) is 5.75 Å². The number of aliphatic carboxylic acids is 1. The lowest BCUT2D eigenvalue weighted by Crippen LogP contribution is -2.82. The number of benzene rings is 1. The first kappa shape index (κ1) is 21.1. The van der Waals surface area contributed by atoms with E-state index >= 15 is 0 Å². The third-order valence-corrected chi connectivity index (χ3v) is 6.79. The van der Waals surface area contributed by atoms with Gasteiger partial charge in [-0.2, -0.15) is 0 Å². The number of halogens is 1. The predicted molar refractivity (Wildman–Crippen MR) is 102 cm³/mol. The van der Waals surface area contributed by atoms with Crippen LogP contribution in [0.15, 0.2) is 24.3 Å². The molecule has 0 radical (unpaired) electrons. The Labute approximate surface area is 170 Å². The number of Topliss-reactive ketones (excluding diaryl/α,β-unsaturated/α-hetero) is 1. The fourth-order valence-corrected chi connectivity index (χ4v) is 5.41. The fourth-order valence-electron chi connectivity index (χ4n) is 3.65. The Kier molecular flexibility index (Phi) is 5.10. The highest BCUT2D eigenvalue weighted by molar-refractivity contribution is 8.01. The van der Waals surface area contributed by atoms with Crippen molar-refractivity contribution in [2.75, 3.05) is 0 Å². The molecule has 3 rings (SSSR count). The van der Waals surface area contributed by atoms with Gasteiger partial charge >= 0.3 is 5.97 Å². The number of carbonyl (C=O) groups is 4. The maximum absolute atomic E-state index is 13.0. The summed E-state index contributed by atoms with van der Waals surface area (Å²) in [4.78, 5) is 50.8. The van der Waals surface area contributed by atoms with Crippen molar-refractivity contribution in [3.63, 3.8) is 0 Å². The van der Waals surface area contributed by atoms with Gasteiger partial charge in [0.2, 0.25) is 5.54 Å². The van der Waals surface area contributed by atoms with E-state index in [1.54, 1.807) is 13.8 Å². The van der Waals surface area contributed by atoms with E-state index in [2.05, 4.69) is 5.32 Å². The molecular formula is C19H21FN2O6S. The largest absolute Gasteiger partial charge is 0.481 e. The van der Waals surface area contributed by atoms with Crippen LogP contribution >= 0.6 is 11.8 Å². The number of fused-ring (bicyclic) bond motifs is 1. The average molecular weight is 424 g/mol. The Morgan fingerprint density at radius 1 is 1.28 bits per heavy atom. The highest BCUT2D eigenvalue weighted by atomic mass is 32.2. The summed E-state index contributed by atoms with van der Waals surface area (Å²) in [5, 5.41) is 11.2. The smallest absolute Gasteiger partial charge is 0.327 e.